The highest BCUT2D eigenvalue weighted by Crippen LogP contribution is 2.46. The first-order chi connectivity index (χ1) is 18.7. The Bertz CT molecular complexity index is 1730. The zero-order valence-electron chi connectivity index (χ0n) is 21.0. The topological polar surface area (TPSA) is 72.4 Å². The second-order valence-electron chi connectivity index (χ2n) is 8.99. The fourth-order valence-electron chi connectivity index (χ4n) is 4.74. The maximum absolute atomic E-state index is 14.2. The summed E-state index contributed by atoms with van der Waals surface area (Å²) in [4.78, 5) is 24.5. The molecule has 6 rings (SSSR count). The van der Waals surface area contributed by atoms with E-state index in [4.69, 9.17) is 14.3 Å². The zero-order chi connectivity index (χ0) is 26.0. The molecule has 0 fully saturated rings. The SMILES string of the molecule is CCCNc1nc2c(oc3ccccc32)c(=O)n1N=P(c1ccccc1)(c1ccccc1)c1ccccc1. The van der Waals surface area contributed by atoms with Crippen molar-refractivity contribution in [2.45, 2.75) is 13.3 Å². The Morgan fingerprint density at radius 1 is 0.789 bits per heavy atom. The van der Waals surface area contributed by atoms with Crippen LogP contribution >= 0.6 is 7.05 Å². The van der Waals surface area contributed by atoms with Gasteiger partial charge in [0, 0.05) is 27.8 Å². The van der Waals surface area contributed by atoms with Crippen LogP contribution in [0, 0.1) is 0 Å². The summed E-state index contributed by atoms with van der Waals surface area (Å²) in [5, 5.41) is 7.28. The van der Waals surface area contributed by atoms with Crippen LogP contribution in [-0.4, -0.2) is 16.2 Å². The van der Waals surface area contributed by atoms with Crippen molar-refractivity contribution in [3.63, 3.8) is 0 Å². The number of benzene rings is 4. The lowest BCUT2D eigenvalue weighted by Crippen LogP contribution is -2.29. The van der Waals surface area contributed by atoms with Gasteiger partial charge in [-0.25, -0.2) is 4.98 Å². The number of hydrogen-bond donors (Lipinski definition) is 1. The van der Waals surface area contributed by atoms with Gasteiger partial charge in [-0.1, -0.05) is 110 Å². The quantitative estimate of drug-likeness (QED) is 0.267. The first-order valence-corrected chi connectivity index (χ1v) is 14.4. The number of nitrogens with zero attached hydrogens (tertiary/aromatic N) is 3. The van der Waals surface area contributed by atoms with E-state index in [9.17, 15) is 4.79 Å². The Hall–Kier alpha value is -4.41. The third-order valence-corrected chi connectivity index (χ3v) is 10.1. The average molecular weight is 519 g/mol. The van der Waals surface area contributed by atoms with Crippen molar-refractivity contribution in [1.29, 1.82) is 0 Å². The Morgan fingerprint density at radius 3 is 1.87 bits per heavy atom. The molecule has 6 nitrogen and oxygen atoms in total. The van der Waals surface area contributed by atoms with E-state index < -0.39 is 7.05 Å². The van der Waals surface area contributed by atoms with Gasteiger partial charge in [0.2, 0.25) is 11.5 Å². The van der Waals surface area contributed by atoms with Crippen LogP contribution < -0.4 is 26.8 Å². The summed E-state index contributed by atoms with van der Waals surface area (Å²) >= 11 is 0. The lowest BCUT2D eigenvalue weighted by molar-refractivity contribution is 0.651. The molecule has 0 aliphatic rings. The number of hydrogen-bond acceptors (Lipinski definition) is 5. The van der Waals surface area contributed by atoms with Crippen LogP contribution in [0.5, 0.6) is 0 Å². The van der Waals surface area contributed by atoms with Gasteiger partial charge in [-0.05, 0) is 18.6 Å². The van der Waals surface area contributed by atoms with Crippen LogP contribution in [0.1, 0.15) is 13.3 Å². The molecule has 0 atom stereocenters. The van der Waals surface area contributed by atoms with Gasteiger partial charge in [0.25, 0.3) is 0 Å². The summed E-state index contributed by atoms with van der Waals surface area (Å²) < 4.78 is 7.48. The average Bonchev–Trinajstić information content (AvgIpc) is 3.36. The van der Waals surface area contributed by atoms with Crippen molar-refractivity contribution < 1.29 is 4.42 Å². The number of rotatable bonds is 7. The monoisotopic (exact) mass is 518 g/mol. The zero-order valence-corrected chi connectivity index (χ0v) is 21.9. The van der Waals surface area contributed by atoms with Crippen LogP contribution in [0.3, 0.4) is 0 Å². The van der Waals surface area contributed by atoms with Crippen LogP contribution in [0.15, 0.2) is 129 Å². The van der Waals surface area contributed by atoms with Crippen molar-refractivity contribution in [1.82, 2.24) is 9.66 Å². The molecule has 7 heteroatoms. The van der Waals surface area contributed by atoms with E-state index in [0.717, 1.165) is 27.7 Å². The third kappa shape index (κ3) is 4.04. The van der Waals surface area contributed by atoms with E-state index in [-0.39, 0.29) is 11.1 Å². The summed E-state index contributed by atoms with van der Waals surface area (Å²) in [6.45, 7) is 2.73. The molecule has 2 aromatic heterocycles. The normalized spacial score (nSPS) is 11.6. The highest BCUT2D eigenvalue weighted by Gasteiger charge is 2.29. The van der Waals surface area contributed by atoms with E-state index >= 15 is 0 Å². The van der Waals surface area contributed by atoms with Gasteiger partial charge >= 0.3 is 5.56 Å². The summed E-state index contributed by atoms with van der Waals surface area (Å²) in [6, 6.07) is 38.2. The molecule has 0 amide bonds. The van der Waals surface area contributed by atoms with Gasteiger partial charge in [-0.2, -0.15) is 9.53 Å². The Labute approximate surface area is 220 Å². The fourth-order valence-corrected chi connectivity index (χ4v) is 8.18. The minimum absolute atomic E-state index is 0.198. The van der Waals surface area contributed by atoms with Crippen molar-refractivity contribution in [2.24, 2.45) is 4.85 Å². The van der Waals surface area contributed by atoms with Gasteiger partial charge in [0.05, 0.1) is 7.05 Å². The Kier molecular flexibility index (Phi) is 6.40. The standard InChI is InChI=1S/C31H27N4O2P/c1-2-22-32-31-33-28-26-20-12-13-21-27(26)37-29(28)30(36)35(31)34-38(23-14-6-3-7-15-23,24-16-8-4-9-17-24)25-18-10-5-11-19-25/h3-21H,2,22H2,1H3,(H,32,33). The molecule has 0 spiro atoms. The molecule has 0 saturated carbocycles. The van der Waals surface area contributed by atoms with Crippen LogP contribution in [0.2, 0.25) is 0 Å². The number of nitrogens with one attached hydrogen (secondary N) is 1. The molecule has 0 saturated heterocycles. The van der Waals surface area contributed by atoms with E-state index in [2.05, 4.69) is 48.6 Å². The minimum atomic E-state index is -2.71. The summed E-state index contributed by atoms with van der Waals surface area (Å²) in [7, 11) is -2.71. The first kappa shape index (κ1) is 24.0. The molecule has 1 N–H and O–H groups in total. The number of fused-ring (bicyclic) bond motifs is 3. The van der Waals surface area contributed by atoms with Gasteiger partial charge < -0.3 is 9.73 Å². The van der Waals surface area contributed by atoms with Crippen molar-refractivity contribution in [3.05, 3.63) is 126 Å². The predicted octanol–water partition coefficient (Wildman–Crippen LogP) is 5.91. The lowest BCUT2D eigenvalue weighted by Gasteiger charge is -2.27. The van der Waals surface area contributed by atoms with Crippen LogP contribution in [-0.2, 0) is 0 Å². The predicted molar refractivity (Wildman–Crippen MR) is 158 cm³/mol. The number of anilines is 1. The number of furan rings is 1. The molecule has 4 aromatic carbocycles. The summed E-state index contributed by atoms with van der Waals surface area (Å²) in [5.41, 5.74) is 1.03. The van der Waals surface area contributed by atoms with Gasteiger partial charge in [0.15, 0.2) is 0 Å². The highest BCUT2D eigenvalue weighted by molar-refractivity contribution is 7.87. The van der Waals surface area contributed by atoms with Crippen LogP contribution in [0.4, 0.5) is 5.95 Å². The number of aromatic nitrogens is 2. The molecule has 0 aliphatic carbocycles. The van der Waals surface area contributed by atoms with Gasteiger partial charge in [-0.3, -0.25) is 4.79 Å². The van der Waals surface area contributed by atoms with E-state index in [1.54, 1.807) is 0 Å². The lowest BCUT2D eigenvalue weighted by atomic mass is 10.2. The molecule has 0 radical (unpaired) electrons. The van der Waals surface area contributed by atoms with Gasteiger partial charge in [0.1, 0.15) is 11.1 Å². The van der Waals surface area contributed by atoms with Crippen LogP contribution in [0.25, 0.3) is 22.1 Å². The van der Waals surface area contributed by atoms with Gasteiger partial charge in [-0.15, -0.1) is 0 Å². The minimum Gasteiger partial charge on any atom is -0.448 e. The molecule has 0 aliphatic heterocycles. The first-order valence-electron chi connectivity index (χ1n) is 12.7. The highest BCUT2D eigenvalue weighted by atomic mass is 31.2. The van der Waals surface area contributed by atoms with E-state index in [1.807, 2.05) is 78.9 Å². The molecular formula is C31H27N4O2P. The summed E-state index contributed by atoms with van der Waals surface area (Å²) in [5.74, 6) is 0.406. The molecule has 6 aromatic rings. The Morgan fingerprint density at radius 2 is 1.32 bits per heavy atom. The smallest absolute Gasteiger partial charge is 0.319 e. The summed E-state index contributed by atoms with van der Waals surface area (Å²) in [6.07, 6.45) is 0.871. The van der Waals surface area contributed by atoms with E-state index in [0.29, 0.717) is 23.6 Å². The third-order valence-electron chi connectivity index (χ3n) is 6.52. The maximum atomic E-state index is 14.2. The largest absolute Gasteiger partial charge is 0.448 e. The molecule has 2 heterocycles. The molecular weight excluding hydrogens is 491 g/mol. The Balaban J connectivity index is 1.78. The molecule has 188 valence electrons. The maximum Gasteiger partial charge on any atom is 0.319 e. The van der Waals surface area contributed by atoms with Crippen molar-refractivity contribution >= 4 is 51.0 Å². The molecule has 38 heavy (non-hydrogen) atoms. The fraction of sp³-hybridized carbons (Fsp3) is 0.0968. The second kappa shape index (κ2) is 10.2. The van der Waals surface area contributed by atoms with Crippen molar-refractivity contribution in [2.75, 3.05) is 11.9 Å². The second-order valence-corrected chi connectivity index (χ2v) is 12.0. The molecule has 0 bridgehead atoms. The number of para-hydroxylation sites is 1. The van der Waals surface area contributed by atoms with Crippen molar-refractivity contribution in [3.8, 4) is 0 Å². The molecule has 0 unspecified atom stereocenters. The van der Waals surface area contributed by atoms with E-state index in [1.165, 1.54) is 4.68 Å².